The molecule has 6 rings (SSSR count). The first kappa shape index (κ1) is 32.4. The number of rotatable bonds is 11. The number of halogens is 2. The standard InChI is InChI=1S/C38H32ClIN2O5/c1-24-20-31(39)13-16-33(24)27-10-14-32(15-11-27)42-38(44)34(21-25-2-4-29(5-3-25)37(43)41-19-18-40-45)28-8-6-26(7-9-28)30-12-17-35-36(22-30)47-23-46-35/h2-17,20,22,34H,18-19,21,23H2,1H3,(H,41,43)(H,42,44)/t34-/m1/s1. The molecule has 9 heteroatoms. The minimum absolute atomic E-state index is 0.140. The SMILES string of the molecule is Cc1cc(Cl)ccc1-c1ccc(NC(=O)[C@H](Cc2ccc(C(=O)NCCI=O)cc2)c2ccc(-c3ccc4c(c3)OCO4)cc2)cc1. The van der Waals surface area contributed by atoms with Crippen molar-refractivity contribution in [3.05, 3.63) is 136 Å². The number of hydrogen-bond donors (Lipinski definition) is 2. The number of alkyl halides is 1. The van der Waals surface area contributed by atoms with Gasteiger partial charge in [-0.3, -0.25) is 12.7 Å². The molecule has 0 spiro atoms. The molecule has 0 aliphatic carbocycles. The van der Waals surface area contributed by atoms with E-state index in [2.05, 4.69) is 10.6 Å². The van der Waals surface area contributed by atoms with E-state index in [0.717, 1.165) is 44.7 Å². The Morgan fingerprint density at radius 1 is 0.809 bits per heavy atom. The first-order valence-electron chi connectivity index (χ1n) is 15.1. The number of amides is 2. The van der Waals surface area contributed by atoms with E-state index >= 15 is 0 Å². The highest BCUT2D eigenvalue weighted by Gasteiger charge is 2.23. The average Bonchev–Trinajstić information content (AvgIpc) is 3.56. The molecule has 0 saturated heterocycles. The maximum atomic E-state index is 13.9. The summed E-state index contributed by atoms with van der Waals surface area (Å²) >= 11 is 5.04. The van der Waals surface area contributed by atoms with Crippen molar-refractivity contribution in [3.63, 3.8) is 0 Å². The summed E-state index contributed by atoms with van der Waals surface area (Å²) in [7, 11) is 0. The molecule has 1 aliphatic rings. The Labute approximate surface area is 288 Å². The minimum atomic E-state index is -1.11. The van der Waals surface area contributed by atoms with Crippen molar-refractivity contribution in [3.8, 4) is 33.8 Å². The van der Waals surface area contributed by atoms with Gasteiger partial charge in [0.1, 0.15) is 21.2 Å². The van der Waals surface area contributed by atoms with Crippen LogP contribution in [0.1, 0.15) is 33.0 Å². The van der Waals surface area contributed by atoms with Crippen LogP contribution in [0.5, 0.6) is 11.5 Å². The highest BCUT2D eigenvalue weighted by Crippen LogP contribution is 2.36. The van der Waals surface area contributed by atoms with Gasteiger partial charge in [0, 0.05) is 27.2 Å². The highest BCUT2D eigenvalue weighted by atomic mass is 127. The summed E-state index contributed by atoms with van der Waals surface area (Å²) in [6.45, 7) is 2.63. The van der Waals surface area contributed by atoms with Gasteiger partial charge < -0.3 is 20.1 Å². The first-order chi connectivity index (χ1) is 22.9. The number of aryl methyl sites for hydroxylation is 1. The molecule has 0 saturated carbocycles. The van der Waals surface area contributed by atoms with E-state index in [0.29, 0.717) is 39.4 Å². The molecule has 1 aliphatic heterocycles. The molecule has 1 atom stereocenters. The van der Waals surface area contributed by atoms with Crippen LogP contribution in [0.15, 0.2) is 109 Å². The topological polar surface area (TPSA) is 93.7 Å². The predicted molar refractivity (Wildman–Crippen MR) is 193 cm³/mol. The monoisotopic (exact) mass is 758 g/mol. The van der Waals surface area contributed by atoms with Crippen molar-refractivity contribution in [2.45, 2.75) is 19.3 Å². The largest absolute Gasteiger partial charge is 0.454 e. The third kappa shape index (κ3) is 7.89. The van der Waals surface area contributed by atoms with E-state index in [-0.39, 0.29) is 18.6 Å². The molecule has 0 fully saturated rings. The Balaban J connectivity index is 1.23. The molecule has 47 heavy (non-hydrogen) atoms. The molecule has 2 N–H and O–H groups in total. The second kappa shape index (κ2) is 14.9. The molecular weight excluding hydrogens is 727 g/mol. The zero-order valence-electron chi connectivity index (χ0n) is 25.6. The number of fused-ring (bicyclic) bond motifs is 1. The molecule has 5 aromatic rings. The lowest BCUT2D eigenvalue weighted by Crippen LogP contribution is -2.25. The summed E-state index contributed by atoms with van der Waals surface area (Å²) in [5, 5.41) is 6.60. The number of carbonyl (C=O) groups excluding carboxylic acids is 2. The Kier molecular flexibility index (Phi) is 10.3. The van der Waals surface area contributed by atoms with Gasteiger partial charge in [-0.25, -0.2) is 0 Å². The molecule has 1 heterocycles. The third-order valence-corrected chi connectivity index (χ3v) is 9.32. The maximum Gasteiger partial charge on any atom is 0.251 e. The molecule has 7 nitrogen and oxygen atoms in total. The van der Waals surface area contributed by atoms with Gasteiger partial charge in [0.25, 0.3) is 5.91 Å². The summed E-state index contributed by atoms with van der Waals surface area (Å²) in [5.41, 5.74) is 8.16. The van der Waals surface area contributed by atoms with E-state index in [1.165, 1.54) is 0 Å². The van der Waals surface area contributed by atoms with E-state index in [1.807, 2.05) is 104 Å². The van der Waals surface area contributed by atoms with Crippen LogP contribution in [0.4, 0.5) is 5.69 Å². The van der Waals surface area contributed by atoms with Crippen molar-refractivity contribution >= 4 is 50.3 Å². The van der Waals surface area contributed by atoms with Gasteiger partial charge in [0.05, 0.1) is 5.92 Å². The first-order valence-corrected chi connectivity index (χ1v) is 17.9. The van der Waals surface area contributed by atoms with Gasteiger partial charge in [0.15, 0.2) is 11.5 Å². The molecule has 0 unspecified atom stereocenters. The molecular formula is C38H32ClIN2O5. The van der Waals surface area contributed by atoms with Crippen LogP contribution < -0.4 is 20.1 Å². The zero-order valence-corrected chi connectivity index (χ0v) is 28.5. The molecule has 0 aromatic heterocycles. The maximum absolute atomic E-state index is 13.9. The van der Waals surface area contributed by atoms with Crippen LogP contribution >= 0.6 is 32.8 Å². The van der Waals surface area contributed by atoms with Crippen molar-refractivity contribution in [1.82, 2.24) is 5.32 Å². The fraction of sp³-hybridized carbons (Fsp3) is 0.158. The van der Waals surface area contributed by atoms with Crippen LogP contribution in [0.2, 0.25) is 5.02 Å². The van der Waals surface area contributed by atoms with Gasteiger partial charge in [-0.2, -0.15) is 0 Å². The Hall–Kier alpha value is -4.54. The molecule has 5 aromatic carbocycles. The number of nitrogens with one attached hydrogen (secondary N) is 2. The van der Waals surface area contributed by atoms with Crippen LogP contribution in [0.25, 0.3) is 22.3 Å². The smallest absolute Gasteiger partial charge is 0.251 e. The zero-order chi connectivity index (χ0) is 32.8. The lowest BCUT2D eigenvalue weighted by Gasteiger charge is -2.19. The Bertz CT molecular complexity index is 1910. The summed E-state index contributed by atoms with van der Waals surface area (Å²) in [4.78, 5) is 26.4. The molecule has 0 radical (unpaired) electrons. The van der Waals surface area contributed by atoms with E-state index in [9.17, 15) is 12.7 Å². The van der Waals surface area contributed by atoms with E-state index in [1.54, 1.807) is 12.1 Å². The molecule has 2 amide bonds. The molecule has 238 valence electrons. The van der Waals surface area contributed by atoms with Crippen molar-refractivity contribution in [1.29, 1.82) is 0 Å². The van der Waals surface area contributed by atoms with Gasteiger partial charge in [0.2, 0.25) is 12.7 Å². The number of carbonyl (C=O) groups is 2. The van der Waals surface area contributed by atoms with E-state index in [4.69, 9.17) is 21.1 Å². The highest BCUT2D eigenvalue weighted by molar-refractivity contribution is 14.1. The summed E-state index contributed by atoms with van der Waals surface area (Å²) < 4.78 is 22.3. The van der Waals surface area contributed by atoms with Crippen molar-refractivity contribution in [2.24, 2.45) is 0 Å². The number of anilines is 1. The van der Waals surface area contributed by atoms with Gasteiger partial charge in [-0.15, -0.1) is 0 Å². The lowest BCUT2D eigenvalue weighted by molar-refractivity contribution is -0.117. The Morgan fingerprint density at radius 3 is 2.23 bits per heavy atom. The second-order valence-electron chi connectivity index (χ2n) is 11.2. The van der Waals surface area contributed by atoms with Gasteiger partial charge in [-0.1, -0.05) is 72.3 Å². The van der Waals surface area contributed by atoms with Gasteiger partial charge in [-0.05, 0) is 101 Å². The van der Waals surface area contributed by atoms with Crippen LogP contribution in [-0.4, -0.2) is 29.6 Å². The van der Waals surface area contributed by atoms with E-state index < -0.39 is 27.1 Å². The number of benzene rings is 5. The average molecular weight is 759 g/mol. The predicted octanol–water partition coefficient (Wildman–Crippen LogP) is 8.72. The quantitative estimate of drug-likeness (QED) is 0.0799. The summed E-state index contributed by atoms with van der Waals surface area (Å²) in [6, 6.07) is 34.7. The van der Waals surface area contributed by atoms with Crippen LogP contribution in [0, 0.1) is 6.92 Å². The fourth-order valence-electron chi connectivity index (χ4n) is 5.59. The van der Waals surface area contributed by atoms with Crippen molar-refractivity contribution < 1.29 is 22.1 Å². The third-order valence-electron chi connectivity index (χ3n) is 8.10. The van der Waals surface area contributed by atoms with Crippen LogP contribution in [0.3, 0.4) is 0 Å². The van der Waals surface area contributed by atoms with Gasteiger partial charge >= 0.3 is 0 Å². The fourth-order valence-corrected chi connectivity index (χ4v) is 6.31. The molecule has 0 bridgehead atoms. The lowest BCUT2D eigenvalue weighted by atomic mass is 9.89. The minimum Gasteiger partial charge on any atom is -0.454 e. The number of hydrogen-bond acceptors (Lipinski definition) is 5. The normalized spacial score (nSPS) is 12.4. The second-order valence-corrected chi connectivity index (χ2v) is 13.4. The summed E-state index contributed by atoms with van der Waals surface area (Å²) in [6.07, 6.45) is 0.430. The summed E-state index contributed by atoms with van der Waals surface area (Å²) in [5.74, 6) is 0.592. The van der Waals surface area contributed by atoms with Crippen molar-refractivity contribution in [2.75, 3.05) is 23.1 Å². The van der Waals surface area contributed by atoms with Crippen LogP contribution in [-0.2, 0) is 14.3 Å². The Morgan fingerprint density at radius 2 is 1.51 bits per heavy atom. The number of ether oxygens (including phenoxy) is 2.